The fourth-order valence-corrected chi connectivity index (χ4v) is 2.18. The molecule has 2 nitrogen and oxygen atoms in total. The SMILES string of the molecule is CC#N.c1ccc(N(c2ccccc2)c2ccccc2)cc1. The quantitative estimate of drug-likeness (QED) is 0.618. The van der Waals surface area contributed by atoms with Gasteiger partial charge in [0.2, 0.25) is 0 Å². The van der Waals surface area contributed by atoms with Crippen molar-refractivity contribution in [1.82, 2.24) is 0 Å². The molecule has 0 spiro atoms. The van der Waals surface area contributed by atoms with Gasteiger partial charge in [0.1, 0.15) is 0 Å². The van der Waals surface area contributed by atoms with Crippen molar-refractivity contribution in [2.45, 2.75) is 6.92 Å². The van der Waals surface area contributed by atoms with Gasteiger partial charge >= 0.3 is 0 Å². The van der Waals surface area contributed by atoms with E-state index in [0.717, 1.165) is 0 Å². The number of rotatable bonds is 3. The molecule has 0 unspecified atom stereocenters. The van der Waals surface area contributed by atoms with Crippen molar-refractivity contribution in [2.75, 3.05) is 4.90 Å². The maximum Gasteiger partial charge on any atom is 0.0587 e. The fraction of sp³-hybridized carbons (Fsp3) is 0.0500. The highest BCUT2D eigenvalue weighted by atomic mass is 15.1. The van der Waals surface area contributed by atoms with Gasteiger partial charge in [0.05, 0.1) is 6.07 Å². The Bertz CT molecular complexity index is 607. The van der Waals surface area contributed by atoms with Gasteiger partial charge in [-0.05, 0) is 36.4 Å². The summed E-state index contributed by atoms with van der Waals surface area (Å²) < 4.78 is 0. The highest BCUT2D eigenvalue weighted by Gasteiger charge is 2.10. The van der Waals surface area contributed by atoms with E-state index in [2.05, 4.69) is 77.7 Å². The summed E-state index contributed by atoms with van der Waals surface area (Å²) in [5.74, 6) is 0. The number of benzene rings is 3. The summed E-state index contributed by atoms with van der Waals surface area (Å²) in [6, 6.07) is 33.0. The van der Waals surface area contributed by atoms with Crippen LogP contribution < -0.4 is 4.90 Å². The lowest BCUT2D eigenvalue weighted by Gasteiger charge is -2.25. The Morgan fingerprint density at radius 2 is 0.818 bits per heavy atom. The van der Waals surface area contributed by atoms with E-state index >= 15 is 0 Å². The lowest BCUT2D eigenvalue weighted by atomic mass is 10.2. The van der Waals surface area contributed by atoms with Crippen LogP contribution in [0, 0.1) is 11.3 Å². The Morgan fingerprint density at radius 1 is 0.591 bits per heavy atom. The molecule has 0 amide bonds. The maximum atomic E-state index is 7.32. The van der Waals surface area contributed by atoms with E-state index in [0.29, 0.717) is 0 Å². The van der Waals surface area contributed by atoms with E-state index in [1.165, 1.54) is 24.0 Å². The van der Waals surface area contributed by atoms with Gasteiger partial charge in [0, 0.05) is 24.0 Å². The molecule has 22 heavy (non-hydrogen) atoms. The minimum absolute atomic E-state index is 1.17. The largest absolute Gasteiger partial charge is 0.311 e. The van der Waals surface area contributed by atoms with Crippen molar-refractivity contribution in [3.05, 3.63) is 91.0 Å². The van der Waals surface area contributed by atoms with Crippen LogP contribution in [0.15, 0.2) is 91.0 Å². The summed E-state index contributed by atoms with van der Waals surface area (Å²) >= 11 is 0. The molecule has 2 heteroatoms. The maximum absolute atomic E-state index is 7.32. The minimum atomic E-state index is 1.17. The third-order valence-electron chi connectivity index (χ3n) is 3.04. The summed E-state index contributed by atoms with van der Waals surface area (Å²) in [5, 5.41) is 7.32. The summed E-state index contributed by atoms with van der Waals surface area (Å²) in [6.45, 7) is 1.43. The first kappa shape index (κ1) is 15.3. The van der Waals surface area contributed by atoms with Crippen LogP contribution >= 0.6 is 0 Å². The van der Waals surface area contributed by atoms with Crippen LogP contribution in [0.2, 0.25) is 0 Å². The molecule has 0 radical (unpaired) electrons. The van der Waals surface area contributed by atoms with Crippen LogP contribution in [0.4, 0.5) is 17.1 Å². The second-order valence-electron chi connectivity index (χ2n) is 4.57. The molecular weight excluding hydrogens is 268 g/mol. The lowest BCUT2D eigenvalue weighted by molar-refractivity contribution is 1.28. The van der Waals surface area contributed by atoms with Crippen molar-refractivity contribution in [1.29, 1.82) is 5.26 Å². The van der Waals surface area contributed by atoms with Crippen molar-refractivity contribution < 1.29 is 0 Å². The number of nitrogens with zero attached hydrogens (tertiary/aromatic N) is 2. The molecule has 3 aromatic rings. The van der Waals surface area contributed by atoms with Gasteiger partial charge in [-0.2, -0.15) is 5.26 Å². The molecule has 0 saturated heterocycles. The molecular formula is C20H18N2. The average molecular weight is 286 g/mol. The van der Waals surface area contributed by atoms with Gasteiger partial charge in [0.15, 0.2) is 0 Å². The van der Waals surface area contributed by atoms with Gasteiger partial charge in [-0.3, -0.25) is 0 Å². The Labute approximate surface area is 131 Å². The van der Waals surface area contributed by atoms with E-state index in [4.69, 9.17) is 5.26 Å². The number of hydrogen-bond acceptors (Lipinski definition) is 2. The van der Waals surface area contributed by atoms with E-state index < -0.39 is 0 Å². The molecule has 0 saturated carbocycles. The van der Waals surface area contributed by atoms with Crippen molar-refractivity contribution >= 4 is 17.1 Å². The summed E-state index contributed by atoms with van der Waals surface area (Å²) in [6.07, 6.45) is 0. The zero-order chi connectivity index (χ0) is 15.6. The fourth-order valence-electron chi connectivity index (χ4n) is 2.18. The highest BCUT2D eigenvalue weighted by molar-refractivity contribution is 5.76. The molecule has 0 aliphatic carbocycles. The van der Waals surface area contributed by atoms with E-state index in [-0.39, 0.29) is 0 Å². The van der Waals surface area contributed by atoms with E-state index in [1.54, 1.807) is 6.07 Å². The number of anilines is 3. The van der Waals surface area contributed by atoms with Gasteiger partial charge in [-0.25, -0.2) is 0 Å². The smallest absolute Gasteiger partial charge is 0.0587 e. The summed E-state index contributed by atoms with van der Waals surface area (Å²) in [5.41, 5.74) is 3.50. The summed E-state index contributed by atoms with van der Waals surface area (Å²) in [7, 11) is 0. The Morgan fingerprint density at radius 3 is 1.05 bits per heavy atom. The first-order valence-electron chi connectivity index (χ1n) is 7.13. The zero-order valence-electron chi connectivity index (χ0n) is 12.6. The zero-order valence-corrected chi connectivity index (χ0v) is 12.6. The molecule has 3 rings (SSSR count). The van der Waals surface area contributed by atoms with E-state index in [9.17, 15) is 0 Å². The summed E-state index contributed by atoms with van der Waals surface area (Å²) in [4.78, 5) is 2.25. The second-order valence-corrected chi connectivity index (χ2v) is 4.57. The molecule has 0 fully saturated rings. The molecule has 108 valence electrons. The Kier molecular flexibility index (Phi) is 5.78. The minimum Gasteiger partial charge on any atom is -0.311 e. The van der Waals surface area contributed by atoms with Crippen LogP contribution in [-0.4, -0.2) is 0 Å². The number of para-hydroxylation sites is 3. The molecule has 3 aromatic carbocycles. The highest BCUT2D eigenvalue weighted by Crippen LogP contribution is 2.33. The van der Waals surface area contributed by atoms with Crippen LogP contribution in [0.25, 0.3) is 0 Å². The first-order valence-corrected chi connectivity index (χ1v) is 7.13. The van der Waals surface area contributed by atoms with Crippen LogP contribution in [0.3, 0.4) is 0 Å². The molecule has 0 heterocycles. The topological polar surface area (TPSA) is 27.0 Å². The predicted molar refractivity (Wildman–Crippen MR) is 92.4 cm³/mol. The molecule has 0 aromatic heterocycles. The molecule has 0 bridgehead atoms. The Hall–Kier alpha value is -3.05. The van der Waals surface area contributed by atoms with Gasteiger partial charge in [0.25, 0.3) is 0 Å². The third-order valence-corrected chi connectivity index (χ3v) is 3.04. The van der Waals surface area contributed by atoms with Crippen LogP contribution in [-0.2, 0) is 0 Å². The van der Waals surface area contributed by atoms with Crippen LogP contribution in [0.5, 0.6) is 0 Å². The normalized spacial score (nSPS) is 9.09. The molecule has 0 aliphatic heterocycles. The third kappa shape index (κ3) is 3.97. The molecule has 0 aliphatic rings. The average Bonchev–Trinajstić information content (AvgIpc) is 2.59. The standard InChI is InChI=1S/C18H15N.C2H3N/c1-4-10-16(11-5-1)19(17-12-6-2-7-13-17)18-14-8-3-9-15-18;1-2-3/h1-15H;1H3. The van der Waals surface area contributed by atoms with Crippen molar-refractivity contribution in [2.24, 2.45) is 0 Å². The lowest BCUT2D eigenvalue weighted by Crippen LogP contribution is -2.09. The molecule has 0 N–H and O–H groups in total. The van der Waals surface area contributed by atoms with Gasteiger partial charge < -0.3 is 4.90 Å². The monoisotopic (exact) mass is 286 g/mol. The second kappa shape index (κ2) is 8.28. The van der Waals surface area contributed by atoms with Gasteiger partial charge in [-0.1, -0.05) is 54.6 Å². The molecule has 0 atom stereocenters. The van der Waals surface area contributed by atoms with Gasteiger partial charge in [-0.15, -0.1) is 0 Å². The first-order chi connectivity index (χ1) is 10.9. The number of hydrogen-bond donors (Lipinski definition) is 0. The van der Waals surface area contributed by atoms with E-state index in [1.807, 2.05) is 18.2 Å². The number of nitriles is 1. The predicted octanol–water partition coefficient (Wildman–Crippen LogP) is 5.69. The van der Waals surface area contributed by atoms with Crippen molar-refractivity contribution in [3.63, 3.8) is 0 Å². The Balaban J connectivity index is 0.000000545. The van der Waals surface area contributed by atoms with Crippen molar-refractivity contribution in [3.8, 4) is 6.07 Å². The van der Waals surface area contributed by atoms with Crippen LogP contribution in [0.1, 0.15) is 6.92 Å².